The van der Waals surface area contributed by atoms with Gasteiger partial charge in [-0.1, -0.05) is 20.8 Å². The Hall–Kier alpha value is -1.56. The number of nitrogen functional groups attached to an aromatic ring is 1. The number of aliphatic hydroxyl groups is 1. The number of nitrogens with one attached hydrogen (secondary N) is 1. The van der Waals surface area contributed by atoms with E-state index in [1.165, 1.54) is 6.33 Å². The maximum Gasteiger partial charge on any atom is 0.242 e. The number of hydrogen-bond donors (Lipinski definition) is 3. The van der Waals surface area contributed by atoms with E-state index in [1.807, 2.05) is 6.92 Å². The van der Waals surface area contributed by atoms with Crippen LogP contribution in [0.3, 0.4) is 0 Å². The van der Waals surface area contributed by atoms with Crippen molar-refractivity contribution in [1.29, 1.82) is 0 Å². The molecule has 0 aliphatic carbocycles. The molecule has 0 saturated carbocycles. The Bertz CT molecular complexity index is 400. The van der Waals surface area contributed by atoms with Crippen LogP contribution in [0.15, 0.2) is 6.33 Å². The zero-order valence-corrected chi connectivity index (χ0v) is 12.6. The van der Waals surface area contributed by atoms with Gasteiger partial charge in [0.1, 0.15) is 12.0 Å². The molecule has 114 valence electrons. The number of hydrogen-bond acceptors (Lipinski definition) is 6. The van der Waals surface area contributed by atoms with E-state index in [9.17, 15) is 5.11 Å². The molecule has 0 radical (unpaired) electrons. The third-order valence-corrected chi connectivity index (χ3v) is 3.76. The molecule has 6 nitrogen and oxygen atoms in total. The van der Waals surface area contributed by atoms with Gasteiger partial charge >= 0.3 is 0 Å². The molecule has 0 fully saturated rings. The Morgan fingerprint density at radius 2 is 2.00 bits per heavy atom. The van der Waals surface area contributed by atoms with E-state index in [-0.39, 0.29) is 12.0 Å². The number of nitrogens with two attached hydrogens (primary N) is 1. The molecule has 0 spiro atoms. The second kappa shape index (κ2) is 7.89. The maximum atomic E-state index is 9.57. The summed E-state index contributed by atoms with van der Waals surface area (Å²) in [6.45, 7) is 7.49. The zero-order valence-electron chi connectivity index (χ0n) is 12.6. The molecule has 0 aliphatic rings. The first-order valence-corrected chi connectivity index (χ1v) is 7.20. The van der Waals surface area contributed by atoms with Crippen LogP contribution in [-0.2, 0) is 0 Å². The number of anilines is 2. The highest BCUT2D eigenvalue weighted by Crippen LogP contribution is 2.29. The molecule has 0 bridgehead atoms. The standard InChI is InChI=1S/C14H26N4O2/c1-4-7-20-13-11(15)12(17-10-18-13)16-8-14(5-2,6-3)9-19/h10,19H,4-9,15H2,1-3H3,(H,16,17,18). The van der Waals surface area contributed by atoms with E-state index in [0.717, 1.165) is 19.3 Å². The Labute approximate surface area is 120 Å². The fraction of sp³-hybridized carbons (Fsp3) is 0.714. The first-order valence-electron chi connectivity index (χ1n) is 7.20. The quantitative estimate of drug-likeness (QED) is 0.642. The molecule has 0 aliphatic heterocycles. The third-order valence-electron chi connectivity index (χ3n) is 3.76. The Morgan fingerprint density at radius 1 is 1.30 bits per heavy atom. The largest absolute Gasteiger partial charge is 0.476 e. The summed E-state index contributed by atoms with van der Waals surface area (Å²) < 4.78 is 5.47. The number of aromatic nitrogens is 2. The van der Waals surface area contributed by atoms with E-state index in [4.69, 9.17) is 10.5 Å². The van der Waals surface area contributed by atoms with Gasteiger partial charge in [0.25, 0.3) is 0 Å². The highest BCUT2D eigenvalue weighted by atomic mass is 16.5. The Balaban J connectivity index is 2.77. The second-order valence-electron chi connectivity index (χ2n) is 5.01. The lowest BCUT2D eigenvalue weighted by molar-refractivity contribution is 0.127. The highest BCUT2D eigenvalue weighted by Gasteiger charge is 2.25. The molecule has 1 aromatic rings. The summed E-state index contributed by atoms with van der Waals surface area (Å²) in [5, 5.41) is 12.8. The molecule has 1 heterocycles. The Kier molecular flexibility index (Phi) is 6.51. The van der Waals surface area contributed by atoms with E-state index >= 15 is 0 Å². The van der Waals surface area contributed by atoms with Crippen molar-refractivity contribution in [3.63, 3.8) is 0 Å². The van der Waals surface area contributed by atoms with Crippen molar-refractivity contribution in [2.45, 2.75) is 40.0 Å². The lowest BCUT2D eigenvalue weighted by atomic mass is 9.83. The molecular formula is C14H26N4O2. The van der Waals surface area contributed by atoms with Gasteiger partial charge in [-0.25, -0.2) is 4.98 Å². The fourth-order valence-corrected chi connectivity index (χ4v) is 1.88. The highest BCUT2D eigenvalue weighted by molar-refractivity contribution is 5.66. The van der Waals surface area contributed by atoms with Crippen LogP contribution in [-0.4, -0.2) is 34.8 Å². The molecule has 0 amide bonds. The first kappa shape index (κ1) is 16.5. The lowest BCUT2D eigenvalue weighted by Gasteiger charge is -2.30. The van der Waals surface area contributed by atoms with Crippen LogP contribution in [0.1, 0.15) is 40.0 Å². The van der Waals surface area contributed by atoms with Gasteiger partial charge in [0, 0.05) is 12.0 Å². The van der Waals surface area contributed by atoms with Gasteiger partial charge in [0.15, 0.2) is 5.82 Å². The van der Waals surface area contributed by atoms with E-state index in [0.29, 0.717) is 30.5 Å². The first-order chi connectivity index (χ1) is 9.62. The minimum atomic E-state index is -0.151. The third kappa shape index (κ3) is 3.96. The number of rotatable bonds is 9. The van der Waals surface area contributed by atoms with Gasteiger partial charge in [-0.2, -0.15) is 4.98 Å². The summed E-state index contributed by atoms with van der Waals surface area (Å²) in [4.78, 5) is 8.18. The molecule has 0 atom stereocenters. The molecule has 0 saturated heterocycles. The van der Waals surface area contributed by atoms with Crippen LogP contribution in [0, 0.1) is 5.41 Å². The monoisotopic (exact) mass is 282 g/mol. The summed E-state index contributed by atoms with van der Waals surface area (Å²) in [6.07, 6.45) is 4.10. The average Bonchev–Trinajstić information content (AvgIpc) is 2.49. The zero-order chi connectivity index (χ0) is 15.0. The van der Waals surface area contributed by atoms with Gasteiger partial charge in [0.2, 0.25) is 5.88 Å². The average molecular weight is 282 g/mol. The van der Waals surface area contributed by atoms with Crippen molar-refractivity contribution in [2.75, 3.05) is 30.8 Å². The number of nitrogens with zero attached hydrogens (tertiary/aromatic N) is 2. The molecule has 20 heavy (non-hydrogen) atoms. The minimum absolute atomic E-state index is 0.136. The van der Waals surface area contributed by atoms with Crippen LogP contribution >= 0.6 is 0 Å². The normalized spacial score (nSPS) is 11.4. The van der Waals surface area contributed by atoms with Gasteiger partial charge in [-0.05, 0) is 19.3 Å². The van der Waals surface area contributed by atoms with Crippen LogP contribution < -0.4 is 15.8 Å². The smallest absolute Gasteiger partial charge is 0.242 e. The van der Waals surface area contributed by atoms with Crippen LogP contribution in [0.4, 0.5) is 11.5 Å². The summed E-state index contributed by atoms with van der Waals surface area (Å²) >= 11 is 0. The summed E-state index contributed by atoms with van der Waals surface area (Å²) in [5.74, 6) is 0.970. The van der Waals surface area contributed by atoms with Gasteiger partial charge in [0.05, 0.1) is 13.2 Å². The van der Waals surface area contributed by atoms with E-state index in [2.05, 4.69) is 29.1 Å². The fourth-order valence-electron chi connectivity index (χ4n) is 1.88. The molecule has 1 rings (SSSR count). The molecule has 4 N–H and O–H groups in total. The summed E-state index contributed by atoms with van der Waals surface area (Å²) in [6, 6.07) is 0. The topological polar surface area (TPSA) is 93.3 Å². The van der Waals surface area contributed by atoms with Crippen molar-refractivity contribution in [2.24, 2.45) is 5.41 Å². The van der Waals surface area contributed by atoms with Crippen LogP contribution in [0.2, 0.25) is 0 Å². The van der Waals surface area contributed by atoms with Gasteiger partial charge < -0.3 is 20.9 Å². The van der Waals surface area contributed by atoms with Crippen LogP contribution in [0.25, 0.3) is 0 Å². The SMILES string of the molecule is CCCOc1ncnc(NCC(CC)(CC)CO)c1N. The summed E-state index contributed by atoms with van der Waals surface area (Å²) in [7, 11) is 0. The molecule has 0 aromatic carbocycles. The van der Waals surface area contributed by atoms with Crippen molar-refractivity contribution in [1.82, 2.24) is 9.97 Å². The van der Waals surface area contributed by atoms with Crippen molar-refractivity contribution >= 4 is 11.5 Å². The summed E-state index contributed by atoms with van der Waals surface area (Å²) in [5.41, 5.74) is 6.27. The molecule has 6 heteroatoms. The molecule has 1 aromatic heterocycles. The predicted octanol–water partition coefficient (Wildman–Crippen LogP) is 2.06. The Morgan fingerprint density at radius 3 is 2.55 bits per heavy atom. The van der Waals surface area contributed by atoms with Gasteiger partial charge in [-0.3, -0.25) is 0 Å². The van der Waals surface area contributed by atoms with Crippen LogP contribution in [0.5, 0.6) is 5.88 Å². The number of aliphatic hydroxyl groups excluding tert-OH is 1. The van der Waals surface area contributed by atoms with E-state index < -0.39 is 0 Å². The van der Waals surface area contributed by atoms with Crippen molar-refractivity contribution < 1.29 is 9.84 Å². The second-order valence-corrected chi connectivity index (χ2v) is 5.01. The molecule has 0 unspecified atom stereocenters. The van der Waals surface area contributed by atoms with Crippen molar-refractivity contribution in [3.05, 3.63) is 6.33 Å². The predicted molar refractivity (Wildman–Crippen MR) is 80.8 cm³/mol. The lowest BCUT2D eigenvalue weighted by Crippen LogP contribution is -2.32. The van der Waals surface area contributed by atoms with Gasteiger partial charge in [-0.15, -0.1) is 0 Å². The maximum absolute atomic E-state index is 9.57. The van der Waals surface area contributed by atoms with Crippen molar-refractivity contribution in [3.8, 4) is 5.88 Å². The number of ether oxygens (including phenoxy) is 1. The van der Waals surface area contributed by atoms with E-state index in [1.54, 1.807) is 0 Å². The molecular weight excluding hydrogens is 256 g/mol. The minimum Gasteiger partial charge on any atom is -0.476 e.